The van der Waals surface area contributed by atoms with Gasteiger partial charge < -0.3 is 15.4 Å². The molecule has 2 heterocycles. The average Bonchev–Trinajstić information content (AvgIpc) is 3.12. The molecule has 0 unspecified atom stereocenters. The molecule has 2 aromatic rings. The van der Waals surface area contributed by atoms with Gasteiger partial charge in [0.15, 0.2) is 11.2 Å². The van der Waals surface area contributed by atoms with Gasteiger partial charge in [0.1, 0.15) is 6.04 Å². The summed E-state index contributed by atoms with van der Waals surface area (Å²) in [5.74, 6) is -0.798. The maximum Gasteiger partial charge on any atom is 0.321 e. The highest BCUT2D eigenvalue weighted by Crippen LogP contribution is 2.30. The molecule has 134 valence electrons. The third kappa shape index (κ3) is 3.02. The van der Waals surface area contributed by atoms with Gasteiger partial charge in [-0.15, -0.1) is 0 Å². The highest BCUT2D eigenvalue weighted by atomic mass is 16.4. The van der Waals surface area contributed by atoms with Crippen molar-refractivity contribution in [3.8, 4) is 0 Å². The van der Waals surface area contributed by atoms with Crippen LogP contribution in [-0.2, 0) is 4.79 Å². The highest BCUT2D eigenvalue weighted by Gasteiger charge is 2.33. The van der Waals surface area contributed by atoms with Crippen LogP contribution in [0.15, 0.2) is 23.3 Å². The number of hydrogen-bond acceptors (Lipinski definition) is 6. The zero-order valence-corrected chi connectivity index (χ0v) is 14.4. The molecule has 2 aromatic heterocycles. The molecular weight excluding hydrogens is 324 g/mol. The Morgan fingerprint density at radius 1 is 1.48 bits per heavy atom. The Hall–Kier alpha value is -2.68. The molecule has 25 heavy (non-hydrogen) atoms. The lowest BCUT2D eigenvalue weighted by molar-refractivity contribution is -0.145. The van der Waals surface area contributed by atoms with E-state index in [1.54, 1.807) is 10.9 Å². The quantitative estimate of drug-likeness (QED) is 0.676. The number of aliphatic carboxylic acids is 1. The van der Waals surface area contributed by atoms with E-state index in [4.69, 9.17) is 5.73 Å². The van der Waals surface area contributed by atoms with Crippen molar-refractivity contribution in [2.45, 2.75) is 38.4 Å². The molecule has 9 heteroatoms. The number of H-pyrrole nitrogens is 1. The van der Waals surface area contributed by atoms with Crippen LogP contribution in [-0.4, -0.2) is 54.6 Å². The second kappa shape index (κ2) is 6.32. The summed E-state index contributed by atoms with van der Waals surface area (Å²) in [7, 11) is 1.82. The molecule has 4 N–H and O–H groups in total. The van der Waals surface area contributed by atoms with Crippen LogP contribution in [0.5, 0.6) is 0 Å². The van der Waals surface area contributed by atoms with Gasteiger partial charge in [0, 0.05) is 6.04 Å². The van der Waals surface area contributed by atoms with E-state index in [2.05, 4.69) is 15.0 Å². The number of nitrogens with one attached hydrogen (secondary N) is 1. The largest absolute Gasteiger partial charge is 0.480 e. The topological polar surface area (TPSA) is 130 Å². The van der Waals surface area contributed by atoms with Gasteiger partial charge in [0.05, 0.1) is 12.4 Å². The van der Waals surface area contributed by atoms with Crippen molar-refractivity contribution < 1.29 is 9.90 Å². The van der Waals surface area contributed by atoms with Crippen LogP contribution in [0.3, 0.4) is 0 Å². The molecule has 1 aliphatic carbocycles. The molecule has 9 nitrogen and oxygen atoms in total. The second-order valence-corrected chi connectivity index (χ2v) is 6.72. The van der Waals surface area contributed by atoms with Crippen LogP contribution in [0.2, 0.25) is 0 Å². The average molecular weight is 346 g/mol. The third-order valence-electron chi connectivity index (χ3n) is 4.69. The van der Waals surface area contributed by atoms with Crippen LogP contribution in [0, 0.1) is 5.92 Å². The second-order valence-electron chi connectivity index (χ2n) is 6.72. The zero-order valence-electron chi connectivity index (χ0n) is 14.4. The van der Waals surface area contributed by atoms with Crippen LogP contribution in [0.4, 0.5) is 5.95 Å². The predicted molar refractivity (Wildman–Crippen MR) is 93.2 cm³/mol. The van der Waals surface area contributed by atoms with Crippen LogP contribution < -0.4 is 11.3 Å². The molecule has 0 amide bonds. The van der Waals surface area contributed by atoms with Gasteiger partial charge in [-0.1, -0.05) is 26.0 Å². The summed E-state index contributed by atoms with van der Waals surface area (Å²) in [6.07, 6.45) is 6.22. The zero-order chi connectivity index (χ0) is 18.3. The van der Waals surface area contributed by atoms with Crippen molar-refractivity contribution >= 4 is 23.1 Å². The van der Waals surface area contributed by atoms with Crippen molar-refractivity contribution in [2.24, 2.45) is 5.92 Å². The Bertz CT molecular complexity index is 884. The molecule has 0 aromatic carbocycles. The number of likely N-dealkylation sites (N-methyl/N-ethyl adjacent to an activating group) is 1. The van der Waals surface area contributed by atoms with E-state index in [9.17, 15) is 14.7 Å². The van der Waals surface area contributed by atoms with Crippen LogP contribution in [0.25, 0.3) is 11.2 Å². The number of anilines is 1. The van der Waals surface area contributed by atoms with Crippen molar-refractivity contribution in [2.75, 3.05) is 12.8 Å². The SMILES string of the molecule is CC(C)[C@@H](C(=O)O)N(C)[C@@H]1C=C[C@H](n2cnc3c(=O)[nH]c(N)nc32)C1. The molecule has 1 aliphatic rings. The lowest BCUT2D eigenvalue weighted by atomic mass is 10.0. The van der Waals surface area contributed by atoms with E-state index in [-0.39, 0.29) is 35.0 Å². The number of hydrogen-bond donors (Lipinski definition) is 3. The molecule has 0 spiro atoms. The Morgan fingerprint density at radius 3 is 2.84 bits per heavy atom. The molecule has 0 bridgehead atoms. The minimum absolute atomic E-state index is 0.0101. The molecule has 0 saturated heterocycles. The number of carboxylic acid groups (broad SMARTS) is 1. The van der Waals surface area contributed by atoms with E-state index in [0.29, 0.717) is 12.1 Å². The normalized spacial score (nSPS) is 21.5. The number of rotatable bonds is 5. The van der Waals surface area contributed by atoms with Gasteiger partial charge in [-0.25, -0.2) is 4.98 Å². The monoisotopic (exact) mass is 346 g/mol. The molecule has 3 rings (SSSR count). The van der Waals surface area contributed by atoms with Gasteiger partial charge >= 0.3 is 5.97 Å². The molecule has 3 atom stereocenters. The van der Waals surface area contributed by atoms with Crippen molar-refractivity contribution in [3.05, 3.63) is 28.8 Å². The standard InChI is InChI=1S/C16H22N6O3/c1-8(2)12(15(24)25)21(3)9-4-5-10(6-9)22-7-18-11-13(22)19-16(17)20-14(11)23/h4-5,7-10,12H,6H2,1-3H3,(H,24,25)(H3,17,19,20,23)/t9-,10+,12+/m1/s1. The first kappa shape index (κ1) is 17.2. The number of allylic oxidation sites excluding steroid dienone is 1. The Balaban J connectivity index is 1.86. The smallest absolute Gasteiger partial charge is 0.321 e. The number of nitrogens with zero attached hydrogens (tertiary/aromatic N) is 4. The molecule has 0 saturated carbocycles. The van der Waals surface area contributed by atoms with Crippen molar-refractivity contribution in [1.29, 1.82) is 0 Å². The Kier molecular flexibility index (Phi) is 4.34. The van der Waals surface area contributed by atoms with Gasteiger partial charge in [-0.2, -0.15) is 4.98 Å². The van der Waals surface area contributed by atoms with E-state index in [1.165, 1.54) is 0 Å². The third-order valence-corrected chi connectivity index (χ3v) is 4.69. The summed E-state index contributed by atoms with van der Waals surface area (Å²) in [5.41, 5.74) is 5.93. The first-order valence-corrected chi connectivity index (χ1v) is 8.15. The molecule has 0 aliphatic heterocycles. The van der Waals surface area contributed by atoms with Crippen LogP contribution >= 0.6 is 0 Å². The number of carboxylic acids is 1. The van der Waals surface area contributed by atoms with Crippen molar-refractivity contribution in [3.63, 3.8) is 0 Å². The summed E-state index contributed by atoms with van der Waals surface area (Å²) in [5, 5.41) is 9.48. The summed E-state index contributed by atoms with van der Waals surface area (Å²) < 4.78 is 1.80. The Labute approximate surface area is 144 Å². The minimum Gasteiger partial charge on any atom is -0.480 e. The summed E-state index contributed by atoms with van der Waals surface area (Å²) in [6, 6.07) is -0.650. The van der Waals surface area contributed by atoms with Crippen molar-refractivity contribution in [1.82, 2.24) is 24.4 Å². The van der Waals surface area contributed by atoms with Gasteiger partial charge in [-0.05, 0) is 19.4 Å². The van der Waals surface area contributed by atoms with E-state index in [1.807, 2.05) is 37.9 Å². The molecule has 0 radical (unpaired) electrons. The number of aromatic nitrogens is 4. The molecule has 0 fully saturated rings. The number of imidazole rings is 1. The van der Waals surface area contributed by atoms with E-state index >= 15 is 0 Å². The summed E-state index contributed by atoms with van der Waals surface area (Å²) >= 11 is 0. The van der Waals surface area contributed by atoms with Gasteiger partial charge in [0.25, 0.3) is 5.56 Å². The lowest BCUT2D eigenvalue weighted by Gasteiger charge is -2.32. The number of nitrogens with two attached hydrogens (primary N) is 1. The minimum atomic E-state index is -0.830. The fraction of sp³-hybridized carbons (Fsp3) is 0.500. The predicted octanol–water partition coefficient (Wildman–Crippen LogP) is 0.612. The molecular formula is C16H22N6O3. The first-order valence-electron chi connectivity index (χ1n) is 8.15. The fourth-order valence-electron chi connectivity index (χ4n) is 3.49. The first-order chi connectivity index (χ1) is 11.8. The Morgan fingerprint density at radius 2 is 2.20 bits per heavy atom. The lowest BCUT2D eigenvalue weighted by Crippen LogP contribution is -2.46. The number of carbonyl (C=O) groups is 1. The highest BCUT2D eigenvalue weighted by molar-refractivity contribution is 5.74. The van der Waals surface area contributed by atoms with Gasteiger partial charge in [-0.3, -0.25) is 19.5 Å². The van der Waals surface area contributed by atoms with E-state index in [0.717, 1.165) is 0 Å². The maximum absolute atomic E-state index is 11.9. The van der Waals surface area contributed by atoms with E-state index < -0.39 is 12.0 Å². The number of nitrogen functional groups attached to an aromatic ring is 1. The summed E-state index contributed by atoms with van der Waals surface area (Å²) in [4.78, 5) is 36.1. The fourth-order valence-corrected chi connectivity index (χ4v) is 3.49. The summed E-state index contributed by atoms with van der Waals surface area (Å²) in [6.45, 7) is 3.79. The maximum atomic E-state index is 11.9. The van der Waals surface area contributed by atoms with Gasteiger partial charge in [0.2, 0.25) is 5.95 Å². The van der Waals surface area contributed by atoms with Crippen LogP contribution in [0.1, 0.15) is 26.3 Å². The number of aromatic amines is 1. The number of fused-ring (bicyclic) bond motifs is 1.